The molecule has 3 aromatic rings. The summed E-state index contributed by atoms with van der Waals surface area (Å²) < 4.78 is 5.25. The van der Waals surface area contributed by atoms with Crippen LogP contribution >= 0.6 is 22.7 Å². The molecule has 0 spiro atoms. The summed E-state index contributed by atoms with van der Waals surface area (Å²) in [4.78, 5) is 16.2. The topological polar surface area (TPSA) is 46.3 Å². The molecule has 0 atom stereocenters. The van der Waals surface area contributed by atoms with E-state index in [0.717, 1.165) is 4.88 Å². The quantitative estimate of drug-likeness (QED) is 0.729. The number of aryl methyl sites for hydroxylation is 1. The zero-order chi connectivity index (χ0) is 14.8. The van der Waals surface area contributed by atoms with Crippen molar-refractivity contribution in [1.82, 2.24) is 10.1 Å². The van der Waals surface area contributed by atoms with Gasteiger partial charge in [-0.05, 0) is 35.4 Å². The van der Waals surface area contributed by atoms with Gasteiger partial charge in [-0.1, -0.05) is 11.2 Å². The van der Waals surface area contributed by atoms with E-state index in [4.69, 9.17) is 4.52 Å². The highest BCUT2D eigenvalue weighted by atomic mass is 32.1. The second-order valence-electron chi connectivity index (χ2n) is 4.74. The monoisotopic (exact) mass is 318 g/mol. The molecular weight excluding hydrogens is 304 g/mol. The lowest BCUT2D eigenvalue weighted by Crippen LogP contribution is -2.26. The summed E-state index contributed by atoms with van der Waals surface area (Å²) in [5.74, 6) is 0.503. The molecule has 1 amide bonds. The molecule has 4 nitrogen and oxygen atoms in total. The van der Waals surface area contributed by atoms with Crippen molar-refractivity contribution in [2.75, 3.05) is 7.05 Å². The van der Waals surface area contributed by atoms with E-state index < -0.39 is 0 Å². The first-order valence-corrected chi connectivity index (χ1v) is 8.20. The highest BCUT2D eigenvalue weighted by Gasteiger charge is 2.19. The summed E-state index contributed by atoms with van der Waals surface area (Å²) in [5, 5.41) is 7.89. The van der Waals surface area contributed by atoms with E-state index in [9.17, 15) is 4.79 Å². The van der Waals surface area contributed by atoms with Gasteiger partial charge in [-0.15, -0.1) is 22.7 Å². The zero-order valence-corrected chi connectivity index (χ0v) is 13.3. The first-order chi connectivity index (χ1) is 10.1. The fourth-order valence-corrected chi connectivity index (χ4v) is 3.59. The predicted octanol–water partition coefficient (Wildman–Crippen LogP) is 4.05. The van der Waals surface area contributed by atoms with Crippen LogP contribution in [0.1, 0.15) is 20.9 Å². The molecule has 3 aromatic heterocycles. The molecule has 0 aliphatic rings. The molecule has 0 saturated carbocycles. The van der Waals surface area contributed by atoms with Crippen molar-refractivity contribution < 1.29 is 9.32 Å². The van der Waals surface area contributed by atoms with Crippen LogP contribution in [0.3, 0.4) is 0 Å². The van der Waals surface area contributed by atoms with Crippen LogP contribution in [0.2, 0.25) is 0 Å². The molecule has 21 heavy (non-hydrogen) atoms. The first-order valence-electron chi connectivity index (χ1n) is 6.44. The fourth-order valence-electron chi connectivity index (χ4n) is 1.96. The maximum atomic E-state index is 12.4. The zero-order valence-electron chi connectivity index (χ0n) is 11.7. The molecule has 0 radical (unpaired) electrons. The van der Waals surface area contributed by atoms with E-state index in [0.29, 0.717) is 18.0 Å². The number of aromatic nitrogens is 1. The van der Waals surface area contributed by atoms with Crippen LogP contribution in [0, 0.1) is 6.92 Å². The van der Waals surface area contributed by atoms with Gasteiger partial charge in [0, 0.05) is 18.0 Å². The Morgan fingerprint density at radius 2 is 2.19 bits per heavy atom. The van der Waals surface area contributed by atoms with Gasteiger partial charge in [0.1, 0.15) is 0 Å². The summed E-state index contributed by atoms with van der Waals surface area (Å²) >= 11 is 3.22. The van der Waals surface area contributed by atoms with Crippen molar-refractivity contribution in [3.63, 3.8) is 0 Å². The molecule has 108 valence electrons. The van der Waals surface area contributed by atoms with Crippen molar-refractivity contribution in [2.24, 2.45) is 0 Å². The standard InChI is InChI=1S/C15H14N2O2S2/c1-10-5-7-21-14(10)9-17(2)15(18)11-8-12(19-16-11)13-4-3-6-20-13/h3-8H,9H2,1-2H3. The molecule has 3 heterocycles. The fraction of sp³-hybridized carbons (Fsp3) is 0.200. The van der Waals surface area contributed by atoms with E-state index in [2.05, 4.69) is 18.1 Å². The van der Waals surface area contributed by atoms with Crippen molar-refractivity contribution in [3.05, 3.63) is 51.2 Å². The molecule has 0 N–H and O–H groups in total. The van der Waals surface area contributed by atoms with E-state index >= 15 is 0 Å². The van der Waals surface area contributed by atoms with Gasteiger partial charge >= 0.3 is 0 Å². The Kier molecular flexibility index (Phi) is 3.90. The Labute approximate surface area is 130 Å². The minimum absolute atomic E-state index is 0.130. The maximum absolute atomic E-state index is 12.4. The largest absolute Gasteiger partial charge is 0.355 e. The molecule has 6 heteroatoms. The van der Waals surface area contributed by atoms with Gasteiger partial charge in [0.25, 0.3) is 5.91 Å². The Balaban J connectivity index is 1.74. The molecule has 3 rings (SSSR count). The third-order valence-corrected chi connectivity index (χ3v) is 5.08. The van der Waals surface area contributed by atoms with Crippen LogP contribution in [-0.4, -0.2) is 23.0 Å². The minimum atomic E-state index is -0.130. The molecule has 0 fully saturated rings. The number of carbonyl (C=O) groups is 1. The summed E-state index contributed by atoms with van der Waals surface area (Å²) in [6.07, 6.45) is 0. The molecule has 0 aliphatic carbocycles. The predicted molar refractivity (Wildman–Crippen MR) is 84.7 cm³/mol. The van der Waals surface area contributed by atoms with Crippen LogP contribution in [0.25, 0.3) is 10.6 Å². The summed E-state index contributed by atoms with van der Waals surface area (Å²) in [6.45, 7) is 2.64. The van der Waals surface area contributed by atoms with E-state index in [1.807, 2.05) is 22.9 Å². The maximum Gasteiger partial charge on any atom is 0.276 e. The van der Waals surface area contributed by atoms with Crippen molar-refractivity contribution in [3.8, 4) is 10.6 Å². The molecule has 0 aromatic carbocycles. The number of carbonyl (C=O) groups excluding carboxylic acids is 1. The molecular formula is C15H14N2O2S2. The van der Waals surface area contributed by atoms with Gasteiger partial charge in [0.2, 0.25) is 0 Å². The third kappa shape index (κ3) is 2.91. The van der Waals surface area contributed by atoms with E-state index in [1.54, 1.807) is 40.7 Å². The molecule has 0 unspecified atom stereocenters. The van der Waals surface area contributed by atoms with Crippen LogP contribution in [0.15, 0.2) is 39.5 Å². The number of thiophene rings is 2. The first kappa shape index (κ1) is 14.0. The van der Waals surface area contributed by atoms with Gasteiger partial charge in [-0.2, -0.15) is 0 Å². The Bertz CT molecular complexity index is 743. The van der Waals surface area contributed by atoms with Gasteiger partial charge in [0.05, 0.1) is 11.4 Å². The minimum Gasteiger partial charge on any atom is -0.355 e. The summed E-state index contributed by atoms with van der Waals surface area (Å²) in [5.41, 5.74) is 1.55. The third-order valence-electron chi connectivity index (χ3n) is 3.19. The van der Waals surface area contributed by atoms with Crippen LogP contribution < -0.4 is 0 Å². The number of hydrogen-bond donors (Lipinski definition) is 0. The number of nitrogens with zero attached hydrogens (tertiary/aromatic N) is 2. The van der Waals surface area contributed by atoms with Crippen molar-refractivity contribution in [1.29, 1.82) is 0 Å². The van der Waals surface area contributed by atoms with Crippen LogP contribution in [0.4, 0.5) is 0 Å². The van der Waals surface area contributed by atoms with Crippen LogP contribution in [-0.2, 0) is 6.54 Å². The molecule has 0 bridgehead atoms. The van der Waals surface area contributed by atoms with E-state index in [1.165, 1.54) is 10.4 Å². The SMILES string of the molecule is Cc1ccsc1CN(C)C(=O)c1cc(-c2cccs2)on1. The van der Waals surface area contributed by atoms with Gasteiger partial charge in [-0.3, -0.25) is 4.79 Å². The Morgan fingerprint density at radius 3 is 2.86 bits per heavy atom. The average molecular weight is 318 g/mol. The smallest absolute Gasteiger partial charge is 0.276 e. The molecule has 0 saturated heterocycles. The number of rotatable bonds is 4. The normalized spacial score (nSPS) is 10.8. The highest BCUT2D eigenvalue weighted by Crippen LogP contribution is 2.25. The second kappa shape index (κ2) is 5.83. The van der Waals surface area contributed by atoms with Gasteiger partial charge in [0.15, 0.2) is 11.5 Å². The van der Waals surface area contributed by atoms with Crippen molar-refractivity contribution in [2.45, 2.75) is 13.5 Å². The summed E-state index contributed by atoms with van der Waals surface area (Å²) in [7, 11) is 1.78. The average Bonchev–Trinajstić information content (AvgIpc) is 3.18. The lowest BCUT2D eigenvalue weighted by atomic mass is 10.2. The van der Waals surface area contributed by atoms with Gasteiger partial charge in [-0.25, -0.2) is 0 Å². The summed E-state index contributed by atoms with van der Waals surface area (Å²) in [6, 6.07) is 7.64. The van der Waals surface area contributed by atoms with Gasteiger partial charge < -0.3 is 9.42 Å². The highest BCUT2D eigenvalue weighted by molar-refractivity contribution is 7.13. The Morgan fingerprint density at radius 1 is 1.33 bits per heavy atom. The van der Waals surface area contributed by atoms with Crippen molar-refractivity contribution >= 4 is 28.6 Å². The lowest BCUT2D eigenvalue weighted by molar-refractivity contribution is 0.0776. The van der Waals surface area contributed by atoms with Crippen LogP contribution in [0.5, 0.6) is 0 Å². The number of hydrogen-bond acceptors (Lipinski definition) is 5. The second-order valence-corrected chi connectivity index (χ2v) is 6.69. The Hall–Kier alpha value is -1.92. The van der Waals surface area contributed by atoms with E-state index in [-0.39, 0.29) is 5.91 Å². The lowest BCUT2D eigenvalue weighted by Gasteiger charge is -2.14. The number of amides is 1. The molecule has 0 aliphatic heterocycles.